The number of fused-ring (bicyclic) bond motifs is 5. The fraction of sp³-hybridized carbons (Fsp3) is 0.0588. The molecular weight excluding hydrogens is 673 g/mol. The maximum absolute atomic E-state index is 2.43. The van der Waals surface area contributed by atoms with Crippen LogP contribution >= 0.6 is 11.3 Å². The molecule has 2 heterocycles. The summed E-state index contributed by atoms with van der Waals surface area (Å²) in [5.41, 5.74) is 14.4. The van der Waals surface area contributed by atoms with Gasteiger partial charge in [-0.05, 0) is 100 Å². The maximum Gasteiger partial charge on any atom is 0.0502 e. The molecule has 1 aromatic heterocycles. The highest BCUT2D eigenvalue weighted by atomic mass is 32.1. The Morgan fingerprint density at radius 3 is 1.61 bits per heavy atom. The average molecular weight is 711 g/mol. The minimum absolute atomic E-state index is 0.0909. The molecule has 0 atom stereocenters. The molecule has 258 valence electrons. The first-order valence-corrected chi connectivity index (χ1v) is 19.4. The van der Waals surface area contributed by atoms with Gasteiger partial charge in [-0.2, -0.15) is 0 Å². The summed E-state index contributed by atoms with van der Waals surface area (Å²) in [5, 5.41) is 2.62. The van der Waals surface area contributed by atoms with E-state index in [1.165, 1.54) is 64.9 Å². The van der Waals surface area contributed by atoms with Gasteiger partial charge in [0.25, 0.3) is 0 Å². The zero-order valence-electron chi connectivity index (χ0n) is 30.3. The lowest BCUT2D eigenvalue weighted by atomic mass is 9.73. The van der Waals surface area contributed by atoms with Crippen molar-refractivity contribution >= 4 is 65.6 Å². The number of anilines is 6. The van der Waals surface area contributed by atoms with E-state index in [9.17, 15) is 0 Å². The number of nitrogens with zero attached hydrogens (tertiary/aromatic N) is 2. The standard InChI is InChI=1S/C51H38N2S/c1-51(2)45-18-7-9-20-47(45)53(48-21-10-8-19-46(48)51)41-16-12-15-38(33-41)37-25-29-40(30-26-37)52(39-27-23-36(24-28-39)35-13-4-3-5-14-35)42-31-32-44-43-17-6-11-22-49(43)54-50(44)34-42/h3-34H,1-2H3. The molecule has 0 saturated heterocycles. The van der Waals surface area contributed by atoms with Gasteiger partial charge in [-0.3, -0.25) is 0 Å². The summed E-state index contributed by atoms with van der Waals surface area (Å²) in [6, 6.07) is 70.8. The van der Waals surface area contributed by atoms with E-state index in [1.54, 1.807) is 0 Å². The molecule has 0 spiro atoms. The lowest BCUT2D eigenvalue weighted by Gasteiger charge is -2.42. The van der Waals surface area contributed by atoms with Gasteiger partial charge in [-0.25, -0.2) is 0 Å². The Morgan fingerprint density at radius 2 is 0.926 bits per heavy atom. The van der Waals surface area contributed by atoms with Gasteiger partial charge in [-0.15, -0.1) is 11.3 Å². The normalized spacial score (nSPS) is 13.1. The number of hydrogen-bond acceptors (Lipinski definition) is 3. The quantitative estimate of drug-likeness (QED) is 0.169. The molecule has 1 aliphatic rings. The molecule has 0 unspecified atom stereocenters. The number of benzene rings is 8. The first-order chi connectivity index (χ1) is 26.5. The van der Waals surface area contributed by atoms with E-state index in [0.29, 0.717) is 0 Å². The minimum atomic E-state index is -0.0909. The summed E-state index contributed by atoms with van der Waals surface area (Å²) in [6.07, 6.45) is 0. The molecule has 0 fully saturated rings. The first kappa shape index (κ1) is 32.2. The van der Waals surface area contributed by atoms with Crippen molar-refractivity contribution in [2.45, 2.75) is 19.3 Å². The molecule has 8 aromatic carbocycles. The van der Waals surface area contributed by atoms with Crippen LogP contribution in [0.2, 0.25) is 0 Å². The lowest BCUT2D eigenvalue weighted by molar-refractivity contribution is 0.632. The summed E-state index contributed by atoms with van der Waals surface area (Å²) >= 11 is 1.86. The van der Waals surface area contributed by atoms with E-state index in [0.717, 1.165) is 22.7 Å². The van der Waals surface area contributed by atoms with Gasteiger partial charge in [0.1, 0.15) is 0 Å². The third-order valence-corrected chi connectivity index (χ3v) is 12.2. The van der Waals surface area contributed by atoms with Crippen LogP contribution in [0.15, 0.2) is 194 Å². The topological polar surface area (TPSA) is 6.48 Å². The van der Waals surface area contributed by atoms with Crippen LogP contribution in [0.4, 0.5) is 34.1 Å². The Labute approximate surface area is 320 Å². The molecule has 1 aliphatic heterocycles. The highest BCUT2D eigenvalue weighted by Gasteiger charge is 2.36. The van der Waals surface area contributed by atoms with E-state index < -0.39 is 0 Å². The van der Waals surface area contributed by atoms with E-state index in [1.807, 2.05) is 11.3 Å². The van der Waals surface area contributed by atoms with Crippen LogP contribution in [0.3, 0.4) is 0 Å². The fourth-order valence-electron chi connectivity index (χ4n) is 8.31. The van der Waals surface area contributed by atoms with Crippen molar-refractivity contribution in [1.29, 1.82) is 0 Å². The number of thiophene rings is 1. The Kier molecular flexibility index (Phi) is 7.71. The van der Waals surface area contributed by atoms with Crippen molar-refractivity contribution < 1.29 is 0 Å². The Balaban J connectivity index is 1.04. The molecular formula is C51H38N2S. The average Bonchev–Trinajstić information content (AvgIpc) is 3.60. The van der Waals surface area contributed by atoms with Gasteiger partial charge >= 0.3 is 0 Å². The Morgan fingerprint density at radius 1 is 0.407 bits per heavy atom. The van der Waals surface area contributed by atoms with Crippen molar-refractivity contribution in [3.05, 3.63) is 205 Å². The summed E-state index contributed by atoms with van der Waals surface area (Å²) in [4.78, 5) is 4.81. The monoisotopic (exact) mass is 710 g/mol. The lowest BCUT2D eigenvalue weighted by Crippen LogP contribution is -2.30. The second kappa shape index (κ2) is 12.9. The van der Waals surface area contributed by atoms with Crippen LogP contribution in [-0.4, -0.2) is 0 Å². The fourth-order valence-corrected chi connectivity index (χ4v) is 9.45. The zero-order chi connectivity index (χ0) is 36.2. The summed E-state index contributed by atoms with van der Waals surface area (Å²) in [6.45, 7) is 4.67. The Bertz CT molecular complexity index is 2750. The molecule has 0 aliphatic carbocycles. The summed E-state index contributed by atoms with van der Waals surface area (Å²) in [7, 11) is 0. The molecule has 0 bridgehead atoms. The smallest absolute Gasteiger partial charge is 0.0502 e. The molecule has 3 heteroatoms. The third kappa shape index (κ3) is 5.39. The molecule has 54 heavy (non-hydrogen) atoms. The van der Waals surface area contributed by atoms with E-state index in [-0.39, 0.29) is 5.41 Å². The van der Waals surface area contributed by atoms with Gasteiger partial charge in [0.2, 0.25) is 0 Å². The third-order valence-electron chi connectivity index (χ3n) is 11.1. The maximum atomic E-state index is 2.43. The van der Waals surface area contributed by atoms with Crippen molar-refractivity contribution in [2.24, 2.45) is 0 Å². The first-order valence-electron chi connectivity index (χ1n) is 18.6. The summed E-state index contributed by atoms with van der Waals surface area (Å²) in [5.74, 6) is 0. The van der Waals surface area contributed by atoms with Gasteiger partial charge in [0.05, 0.1) is 11.4 Å². The van der Waals surface area contributed by atoms with E-state index in [4.69, 9.17) is 0 Å². The molecule has 9 aromatic rings. The molecule has 0 radical (unpaired) electrons. The highest BCUT2D eigenvalue weighted by molar-refractivity contribution is 7.25. The molecule has 10 rings (SSSR count). The number of rotatable bonds is 6. The largest absolute Gasteiger partial charge is 0.310 e. The van der Waals surface area contributed by atoms with E-state index >= 15 is 0 Å². The van der Waals surface area contributed by atoms with Crippen LogP contribution < -0.4 is 9.80 Å². The minimum Gasteiger partial charge on any atom is -0.310 e. The summed E-state index contributed by atoms with van der Waals surface area (Å²) < 4.78 is 2.60. The van der Waals surface area contributed by atoms with Crippen LogP contribution in [0.25, 0.3) is 42.4 Å². The van der Waals surface area contributed by atoms with Crippen LogP contribution in [0.1, 0.15) is 25.0 Å². The van der Waals surface area contributed by atoms with Crippen molar-refractivity contribution in [1.82, 2.24) is 0 Å². The Hall–Kier alpha value is -6.42. The second-order valence-electron chi connectivity index (χ2n) is 14.6. The SMILES string of the molecule is CC1(C)c2ccccc2N(c2cccc(-c3ccc(N(c4ccc(-c5ccccc5)cc4)c4ccc5c(c4)sc4ccccc45)cc3)c2)c2ccccc21. The number of para-hydroxylation sites is 2. The molecule has 2 nitrogen and oxygen atoms in total. The highest BCUT2D eigenvalue weighted by Crippen LogP contribution is 2.52. The van der Waals surface area contributed by atoms with Crippen molar-refractivity contribution in [3.63, 3.8) is 0 Å². The van der Waals surface area contributed by atoms with Gasteiger partial charge in [0.15, 0.2) is 0 Å². The number of hydrogen-bond donors (Lipinski definition) is 0. The van der Waals surface area contributed by atoms with Crippen LogP contribution in [-0.2, 0) is 5.41 Å². The predicted molar refractivity (Wildman–Crippen MR) is 232 cm³/mol. The van der Waals surface area contributed by atoms with Crippen molar-refractivity contribution in [2.75, 3.05) is 9.80 Å². The zero-order valence-corrected chi connectivity index (χ0v) is 31.1. The molecule has 0 saturated carbocycles. The van der Waals surface area contributed by atoms with Gasteiger partial charge in [-0.1, -0.05) is 141 Å². The van der Waals surface area contributed by atoms with Gasteiger partial charge < -0.3 is 9.80 Å². The molecule has 0 amide bonds. The van der Waals surface area contributed by atoms with E-state index in [2.05, 4.69) is 218 Å². The van der Waals surface area contributed by atoms with Crippen molar-refractivity contribution in [3.8, 4) is 22.3 Å². The second-order valence-corrected chi connectivity index (χ2v) is 15.7. The predicted octanol–water partition coefficient (Wildman–Crippen LogP) is 15.0. The van der Waals surface area contributed by atoms with Gasteiger partial charge in [0, 0.05) is 48.3 Å². The van der Waals surface area contributed by atoms with Crippen LogP contribution in [0.5, 0.6) is 0 Å². The molecule has 0 N–H and O–H groups in total. The van der Waals surface area contributed by atoms with Crippen LogP contribution in [0, 0.1) is 0 Å².